The van der Waals surface area contributed by atoms with Gasteiger partial charge in [0.25, 0.3) is 0 Å². The van der Waals surface area contributed by atoms with E-state index < -0.39 is 19.2 Å². The second-order valence-electron chi connectivity index (χ2n) is 5.86. The quantitative estimate of drug-likeness (QED) is 0.423. The smallest absolute Gasteiger partial charge is 0.335 e. The van der Waals surface area contributed by atoms with Crippen LogP contribution in [0.1, 0.15) is 26.3 Å². The van der Waals surface area contributed by atoms with Crippen LogP contribution < -0.4 is 0 Å². The van der Waals surface area contributed by atoms with Crippen molar-refractivity contribution < 1.29 is 23.1 Å². The van der Waals surface area contributed by atoms with Gasteiger partial charge in [0.05, 0.1) is 6.16 Å². The normalized spacial score (nSPS) is 13.0. The first-order chi connectivity index (χ1) is 10.6. The van der Waals surface area contributed by atoms with Crippen LogP contribution in [0.25, 0.3) is 6.08 Å². The SMILES string of the molecule is COP(=O)(C/C(=C\c1ccc(Cl)cc1)C(=O)OC(C)(C)C)OC. The molecule has 0 saturated carbocycles. The molecule has 0 N–H and O–H groups in total. The van der Waals surface area contributed by atoms with E-state index in [0.717, 1.165) is 5.56 Å². The average Bonchev–Trinajstić information content (AvgIpc) is 2.47. The molecule has 0 aliphatic heterocycles. The van der Waals surface area contributed by atoms with Crippen LogP contribution in [-0.2, 0) is 23.1 Å². The van der Waals surface area contributed by atoms with Gasteiger partial charge in [-0.2, -0.15) is 0 Å². The Kier molecular flexibility index (Phi) is 7.02. The highest BCUT2D eigenvalue weighted by Gasteiger charge is 2.29. The van der Waals surface area contributed by atoms with Gasteiger partial charge in [-0.15, -0.1) is 0 Å². The molecule has 5 nitrogen and oxygen atoms in total. The van der Waals surface area contributed by atoms with Gasteiger partial charge in [-0.3, -0.25) is 4.57 Å². The minimum Gasteiger partial charge on any atom is -0.457 e. The average molecular weight is 361 g/mol. The minimum atomic E-state index is -3.40. The van der Waals surface area contributed by atoms with Crippen molar-refractivity contribution in [2.45, 2.75) is 26.4 Å². The van der Waals surface area contributed by atoms with E-state index in [0.29, 0.717) is 5.02 Å². The Bertz CT molecular complexity index is 608. The third kappa shape index (κ3) is 6.88. The highest BCUT2D eigenvalue weighted by Crippen LogP contribution is 2.48. The van der Waals surface area contributed by atoms with Crippen molar-refractivity contribution in [3.63, 3.8) is 0 Å². The van der Waals surface area contributed by atoms with E-state index in [4.69, 9.17) is 25.4 Å². The number of ether oxygens (including phenoxy) is 1. The highest BCUT2D eigenvalue weighted by molar-refractivity contribution is 7.54. The number of benzene rings is 1. The third-order valence-electron chi connectivity index (χ3n) is 2.79. The maximum atomic E-state index is 12.4. The van der Waals surface area contributed by atoms with Gasteiger partial charge in [0, 0.05) is 24.8 Å². The molecular formula is C16H22ClO5P. The maximum Gasteiger partial charge on any atom is 0.335 e. The van der Waals surface area contributed by atoms with Gasteiger partial charge in [0.2, 0.25) is 0 Å². The molecule has 0 unspecified atom stereocenters. The van der Waals surface area contributed by atoms with Gasteiger partial charge in [0.1, 0.15) is 5.60 Å². The van der Waals surface area contributed by atoms with E-state index in [1.54, 1.807) is 51.1 Å². The lowest BCUT2D eigenvalue weighted by atomic mass is 10.1. The third-order valence-corrected chi connectivity index (χ3v) is 4.88. The van der Waals surface area contributed by atoms with Crippen LogP contribution >= 0.6 is 19.2 Å². The Morgan fingerprint density at radius 1 is 1.17 bits per heavy atom. The number of hydrogen-bond donors (Lipinski definition) is 0. The van der Waals surface area contributed by atoms with E-state index in [9.17, 15) is 9.36 Å². The first-order valence-corrected chi connectivity index (χ1v) is 9.09. The van der Waals surface area contributed by atoms with E-state index in [2.05, 4.69) is 0 Å². The number of rotatable bonds is 6. The molecular weight excluding hydrogens is 339 g/mol. The van der Waals surface area contributed by atoms with Gasteiger partial charge in [-0.1, -0.05) is 23.7 Å². The summed E-state index contributed by atoms with van der Waals surface area (Å²) in [6.07, 6.45) is 1.41. The fourth-order valence-electron chi connectivity index (χ4n) is 1.69. The van der Waals surface area contributed by atoms with Crippen LogP contribution in [0.4, 0.5) is 0 Å². The summed E-state index contributed by atoms with van der Waals surface area (Å²) >= 11 is 5.85. The minimum absolute atomic E-state index is 0.183. The van der Waals surface area contributed by atoms with Crippen molar-refractivity contribution in [1.82, 2.24) is 0 Å². The van der Waals surface area contributed by atoms with Crippen molar-refractivity contribution in [1.29, 1.82) is 0 Å². The number of halogens is 1. The van der Waals surface area contributed by atoms with E-state index in [1.165, 1.54) is 14.2 Å². The number of esters is 1. The van der Waals surface area contributed by atoms with Crippen LogP contribution in [0, 0.1) is 0 Å². The Labute approximate surface area is 142 Å². The molecule has 0 radical (unpaired) electrons. The zero-order chi connectivity index (χ0) is 17.7. The molecule has 0 heterocycles. The summed E-state index contributed by atoms with van der Waals surface area (Å²) in [4.78, 5) is 12.4. The fourth-order valence-corrected chi connectivity index (χ4v) is 2.86. The number of hydrogen-bond acceptors (Lipinski definition) is 5. The van der Waals surface area contributed by atoms with Gasteiger partial charge in [0.15, 0.2) is 0 Å². The molecule has 0 bridgehead atoms. The second kappa shape index (κ2) is 8.11. The molecule has 0 aromatic heterocycles. The Balaban J connectivity index is 3.17. The molecule has 1 aromatic rings. The lowest BCUT2D eigenvalue weighted by molar-refractivity contribution is -0.149. The van der Waals surface area contributed by atoms with Crippen LogP contribution in [0.5, 0.6) is 0 Å². The molecule has 0 fully saturated rings. The molecule has 23 heavy (non-hydrogen) atoms. The van der Waals surface area contributed by atoms with Crippen LogP contribution in [0.2, 0.25) is 5.02 Å². The van der Waals surface area contributed by atoms with Crippen molar-refractivity contribution in [3.05, 3.63) is 40.4 Å². The molecule has 1 rings (SSSR count). The molecule has 0 aliphatic rings. The molecule has 7 heteroatoms. The van der Waals surface area contributed by atoms with Gasteiger partial charge in [-0.25, -0.2) is 4.79 Å². The standard InChI is InChI=1S/C16H22ClO5P/c1-16(2,3)22-15(18)13(11-23(19,20-4)21-5)10-12-6-8-14(17)9-7-12/h6-10H,11H2,1-5H3/b13-10+. The van der Waals surface area contributed by atoms with E-state index in [-0.39, 0.29) is 11.7 Å². The van der Waals surface area contributed by atoms with Crippen molar-refractivity contribution in [2.75, 3.05) is 20.4 Å². The van der Waals surface area contributed by atoms with Crippen molar-refractivity contribution >= 4 is 31.2 Å². The number of carbonyl (C=O) groups excluding carboxylic acids is 1. The molecule has 0 spiro atoms. The Hall–Kier alpha value is -1.13. The molecule has 1 aromatic carbocycles. The van der Waals surface area contributed by atoms with Crippen LogP contribution in [0.3, 0.4) is 0 Å². The summed E-state index contributed by atoms with van der Waals surface area (Å²) in [5.41, 5.74) is 0.267. The summed E-state index contributed by atoms with van der Waals surface area (Å²) in [5, 5.41) is 0.584. The topological polar surface area (TPSA) is 61.8 Å². The molecule has 0 saturated heterocycles. The van der Waals surface area contributed by atoms with Crippen molar-refractivity contribution in [2.24, 2.45) is 0 Å². The Morgan fingerprint density at radius 2 is 1.70 bits per heavy atom. The largest absolute Gasteiger partial charge is 0.457 e. The molecule has 0 amide bonds. The zero-order valence-corrected chi connectivity index (χ0v) is 15.6. The van der Waals surface area contributed by atoms with Gasteiger partial charge >= 0.3 is 13.6 Å². The first kappa shape index (κ1) is 19.9. The maximum absolute atomic E-state index is 12.4. The Morgan fingerprint density at radius 3 is 2.13 bits per heavy atom. The monoisotopic (exact) mass is 360 g/mol. The fraction of sp³-hybridized carbons (Fsp3) is 0.438. The predicted molar refractivity (Wildman–Crippen MR) is 91.8 cm³/mol. The molecule has 0 aliphatic carbocycles. The van der Waals surface area contributed by atoms with Crippen LogP contribution in [-0.4, -0.2) is 32.0 Å². The first-order valence-electron chi connectivity index (χ1n) is 6.98. The molecule has 0 atom stereocenters. The van der Waals surface area contributed by atoms with E-state index in [1.807, 2.05) is 0 Å². The van der Waals surface area contributed by atoms with Crippen LogP contribution in [0.15, 0.2) is 29.8 Å². The summed E-state index contributed by atoms with van der Waals surface area (Å²) < 4.78 is 27.6. The van der Waals surface area contributed by atoms with Crippen molar-refractivity contribution in [3.8, 4) is 0 Å². The summed E-state index contributed by atoms with van der Waals surface area (Å²) in [6, 6.07) is 6.90. The molecule has 128 valence electrons. The summed E-state index contributed by atoms with van der Waals surface area (Å²) in [7, 11) is -0.844. The highest BCUT2D eigenvalue weighted by atomic mass is 35.5. The lowest BCUT2D eigenvalue weighted by Crippen LogP contribution is -2.26. The second-order valence-corrected chi connectivity index (χ2v) is 8.56. The van der Waals surface area contributed by atoms with Gasteiger partial charge < -0.3 is 13.8 Å². The zero-order valence-electron chi connectivity index (χ0n) is 14.0. The summed E-state index contributed by atoms with van der Waals surface area (Å²) in [6.45, 7) is 5.28. The summed E-state index contributed by atoms with van der Waals surface area (Å²) in [5.74, 6) is -0.568. The predicted octanol–water partition coefficient (Wildman–Crippen LogP) is 4.55. The lowest BCUT2D eigenvalue weighted by Gasteiger charge is -2.22. The van der Waals surface area contributed by atoms with Gasteiger partial charge in [-0.05, 0) is 44.5 Å². The number of carbonyl (C=O) groups is 1. The van der Waals surface area contributed by atoms with E-state index >= 15 is 0 Å².